The maximum Gasteiger partial charge on any atom is 0.232 e. The Labute approximate surface area is 170 Å². The van der Waals surface area contributed by atoms with Crippen LogP contribution < -0.4 is 5.73 Å². The molecule has 1 atom stereocenters. The Morgan fingerprint density at radius 3 is 2.61 bits per heavy atom. The molecule has 9 heteroatoms. The van der Waals surface area contributed by atoms with E-state index in [1.54, 1.807) is 0 Å². The molecule has 0 radical (unpaired) electrons. The fourth-order valence-electron chi connectivity index (χ4n) is 3.55. The summed E-state index contributed by atoms with van der Waals surface area (Å²) < 4.78 is 10.8. The van der Waals surface area contributed by atoms with E-state index in [2.05, 4.69) is 15.0 Å². The van der Waals surface area contributed by atoms with Crippen LogP contribution in [-0.4, -0.2) is 71.8 Å². The maximum absolute atomic E-state index is 12.4. The zero-order valence-electron chi connectivity index (χ0n) is 15.7. The second-order valence-corrected chi connectivity index (χ2v) is 7.05. The predicted octanol–water partition coefficient (Wildman–Crippen LogP) is 1.27. The molecule has 152 valence electrons. The van der Waals surface area contributed by atoms with Gasteiger partial charge in [0.1, 0.15) is 0 Å². The molecule has 2 aliphatic rings. The average Bonchev–Trinajstić information content (AvgIpc) is 3.34. The largest absolute Gasteiger partial charge is 0.379 e. The highest BCUT2D eigenvalue weighted by atomic mass is 35.5. The van der Waals surface area contributed by atoms with Gasteiger partial charge in [-0.15, -0.1) is 12.4 Å². The molecule has 8 nitrogen and oxygen atoms in total. The lowest BCUT2D eigenvalue weighted by atomic mass is 10.1. The van der Waals surface area contributed by atoms with Crippen LogP contribution in [0.4, 0.5) is 0 Å². The summed E-state index contributed by atoms with van der Waals surface area (Å²) >= 11 is 0. The van der Waals surface area contributed by atoms with Crippen molar-refractivity contribution in [2.75, 3.05) is 45.9 Å². The van der Waals surface area contributed by atoms with Gasteiger partial charge in [0.25, 0.3) is 0 Å². The number of ether oxygens (including phenoxy) is 1. The molecule has 2 N–H and O–H groups in total. The molecule has 0 aliphatic carbocycles. The van der Waals surface area contributed by atoms with Crippen LogP contribution in [0.15, 0.2) is 28.8 Å². The molecule has 2 saturated heterocycles. The van der Waals surface area contributed by atoms with Crippen LogP contribution in [0.25, 0.3) is 11.4 Å². The van der Waals surface area contributed by atoms with Gasteiger partial charge >= 0.3 is 0 Å². The second kappa shape index (κ2) is 9.47. The van der Waals surface area contributed by atoms with Crippen LogP contribution in [0, 0.1) is 0 Å². The number of likely N-dealkylation sites (tertiary alicyclic amines) is 1. The number of carbonyl (C=O) groups is 1. The molecule has 1 aromatic carbocycles. The van der Waals surface area contributed by atoms with Gasteiger partial charge in [0.15, 0.2) is 0 Å². The number of amides is 1. The van der Waals surface area contributed by atoms with Crippen LogP contribution in [-0.2, 0) is 16.1 Å². The fourth-order valence-corrected chi connectivity index (χ4v) is 3.55. The third-order valence-electron chi connectivity index (χ3n) is 5.24. The standard InChI is InChI=1S/C19H25N5O3.ClH/c20-12-14-1-3-15(4-2-14)18-21-19(27-22-18)16-11-17(25)24(13-16)6-5-23-7-9-26-10-8-23;/h1-4,16H,5-13,20H2;1H. The number of carbonyl (C=O) groups excluding carboxylic acids is 1. The minimum absolute atomic E-state index is 0. The highest BCUT2D eigenvalue weighted by molar-refractivity contribution is 5.85. The minimum atomic E-state index is -0.0354. The van der Waals surface area contributed by atoms with Gasteiger partial charge in [0.05, 0.1) is 19.1 Å². The molecule has 2 aliphatic heterocycles. The molecule has 1 amide bonds. The van der Waals surface area contributed by atoms with E-state index < -0.39 is 0 Å². The first-order valence-corrected chi connectivity index (χ1v) is 9.44. The van der Waals surface area contributed by atoms with Crippen LogP contribution >= 0.6 is 12.4 Å². The molecular weight excluding hydrogens is 382 g/mol. The third kappa shape index (κ3) is 4.70. The molecular formula is C19H26ClN5O3. The Balaban J connectivity index is 0.00000225. The number of nitrogens with two attached hydrogens (primary N) is 1. The normalized spacial score (nSPS) is 20.4. The topological polar surface area (TPSA) is 97.7 Å². The molecule has 28 heavy (non-hydrogen) atoms. The van der Waals surface area contributed by atoms with Crippen LogP contribution in [0.5, 0.6) is 0 Å². The maximum atomic E-state index is 12.4. The fraction of sp³-hybridized carbons (Fsp3) is 0.526. The highest BCUT2D eigenvalue weighted by Gasteiger charge is 2.34. The molecule has 2 aromatic rings. The lowest BCUT2D eigenvalue weighted by molar-refractivity contribution is -0.128. The van der Waals surface area contributed by atoms with Gasteiger partial charge in [-0.3, -0.25) is 9.69 Å². The summed E-state index contributed by atoms with van der Waals surface area (Å²) in [7, 11) is 0. The number of morpholine rings is 1. The van der Waals surface area contributed by atoms with Gasteiger partial charge in [-0.2, -0.15) is 4.98 Å². The number of benzene rings is 1. The SMILES string of the molecule is Cl.NCc1ccc(-c2noc(C3CC(=O)N(CCN4CCOCC4)C3)n2)cc1. The first-order valence-electron chi connectivity index (χ1n) is 9.44. The van der Waals surface area contributed by atoms with Crippen molar-refractivity contribution in [3.8, 4) is 11.4 Å². The second-order valence-electron chi connectivity index (χ2n) is 7.05. The summed E-state index contributed by atoms with van der Waals surface area (Å²) in [5.41, 5.74) is 7.57. The first kappa shape index (κ1) is 20.7. The first-order chi connectivity index (χ1) is 13.2. The summed E-state index contributed by atoms with van der Waals surface area (Å²) in [5, 5.41) is 4.09. The number of hydrogen-bond acceptors (Lipinski definition) is 7. The van der Waals surface area contributed by atoms with Gasteiger partial charge in [-0.05, 0) is 5.56 Å². The van der Waals surface area contributed by atoms with Crippen molar-refractivity contribution in [3.63, 3.8) is 0 Å². The molecule has 0 saturated carbocycles. The van der Waals surface area contributed by atoms with Crippen LogP contribution in [0.2, 0.25) is 0 Å². The van der Waals surface area contributed by atoms with Crippen LogP contribution in [0.1, 0.15) is 23.8 Å². The van der Waals surface area contributed by atoms with E-state index in [0.717, 1.165) is 50.5 Å². The number of halogens is 1. The van der Waals surface area contributed by atoms with E-state index in [-0.39, 0.29) is 24.2 Å². The Morgan fingerprint density at radius 2 is 1.89 bits per heavy atom. The molecule has 0 bridgehead atoms. The smallest absolute Gasteiger partial charge is 0.232 e. The Hall–Kier alpha value is -2.00. The van der Waals surface area contributed by atoms with Crippen LogP contribution in [0.3, 0.4) is 0 Å². The monoisotopic (exact) mass is 407 g/mol. The molecule has 3 heterocycles. The van der Waals surface area contributed by atoms with Gasteiger partial charge in [-0.1, -0.05) is 29.4 Å². The van der Waals surface area contributed by atoms with E-state index in [4.69, 9.17) is 15.0 Å². The van der Waals surface area contributed by atoms with E-state index in [0.29, 0.717) is 31.2 Å². The molecule has 4 rings (SSSR count). The van der Waals surface area contributed by atoms with Crippen molar-refractivity contribution in [1.82, 2.24) is 19.9 Å². The number of nitrogens with zero attached hydrogens (tertiary/aromatic N) is 4. The van der Waals surface area contributed by atoms with E-state index >= 15 is 0 Å². The molecule has 2 fully saturated rings. The van der Waals surface area contributed by atoms with Gasteiger partial charge in [-0.25, -0.2) is 0 Å². The minimum Gasteiger partial charge on any atom is -0.379 e. The zero-order valence-corrected chi connectivity index (χ0v) is 16.6. The summed E-state index contributed by atoms with van der Waals surface area (Å²) in [6.07, 6.45) is 0.427. The quantitative estimate of drug-likeness (QED) is 0.769. The predicted molar refractivity (Wildman–Crippen MR) is 106 cm³/mol. The third-order valence-corrected chi connectivity index (χ3v) is 5.24. The summed E-state index contributed by atoms with van der Waals surface area (Å²) in [5.74, 6) is 1.20. The summed E-state index contributed by atoms with van der Waals surface area (Å²) in [6.45, 7) is 6.16. The molecule has 0 spiro atoms. The summed E-state index contributed by atoms with van der Waals surface area (Å²) in [6, 6.07) is 7.78. The van der Waals surface area contributed by atoms with Crippen molar-refractivity contribution in [3.05, 3.63) is 35.7 Å². The lowest BCUT2D eigenvalue weighted by Gasteiger charge is -2.28. The zero-order chi connectivity index (χ0) is 18.6. The van der Waals surface area contributed by atoms with E-state index in [1.807, 2.05) is 29.2 Å². The summed E-state index contributed by atoms with van der Waals surface area (Å²) in [4.78, 5) is 21.1. The lowest BCUT2D eigenvalue weighted by Crippen LogP contribution is -2.41. The van der Waals surface area contributed by atoms with Crippen molar-refractivity contribution < 1.29 is 14.1 Å². The Bertz CT molecular complexity index is 776. The van der Waals surface area contributed by atoms with E-state index in [1.165, 1.54) is 0 Å². The van der Waals surface area contributed by atoms with Crippen molar-refractivity contribution in [2.24, 2.45) is 5.73 Å². The van der Waals surface area contributed by atoms with Gasteiger partial charge < -0.3 is 19.9 Å². The number of rotatable bonds is 6. The van der Waals surface area contributed by atoms with Crippen molar-refractivity contribution in [1.29, 1.82) is 0 Å². The van der Waals surface area contributed by atoms with E-state index in [9.17, 15) is 4.79 Å². The average molecular weight is 408 g/mol. The Morgan fingerprint density at radius 1 is 1.14 bits per heavy atom. The molecule has 1 aromatic heterocycles. The molecule has 1 unspecified atom stereocenters. The Kier molecular flexibility index (Phi) is 7.01. The highest BCUT2D eigenvalue weighted by Crippen LogP contribution is 2.28. The van der Waals surface area contributed by atoms with Gasteiger partial charge in [0, 0.05) is 51.3 Å². The van der Waals surface area contributed by atoms with Crippen molar-refractivity contribution >= 4 is 18.3 Å². The number of aromatic nitrogens is 2. The number of hydrogen-bond donors (Lipinski definition) is 1. The van der Waals surface area contributed by atoms with Crippen molar-refractivity contribution in [2.45, 2.75) is 18.9 Å². The van der Waals surface area contributed by atoms with Gasteiger partial charge in [0.2, 0.25) is 17.6 Å².